The molecule has 3 N–H and O–H groups in total. The SMILES string of the molecule is COCC(Nc1ccc(C(N)=S)cc1F)C(C)C. The highest BCUT2D eigenvalue weighted by atomic mass is 32.1. The minimum absolute atomic E-state index is 0.0557. The van der Waals surface area contributed by atoms with Gasteiger partial charge in [0.25, 0.3) is 0 Å². The smallest absolute Gasteiger partial charge is 0.146 e. The number of rotatable bonds is 6. The number of halogens is 1. The van der Waals surface area contributed by atoms with Crippen LogP contribution in [0.3, 0.4) is 0 Å². The number of anilines is 1. The Labute approximate surface area is 113 Å². The molecule has 0 radical (unpaired) electrons. The Morgan fingerprint density at radius 3 is 2.61 bits per heavy atom. The van der Waals surface area contributed by atoms with E-state index >= 15 is 0 Å². The number of nitrogens with one attached hydrogen (secondary N) is 1. The van der Waals surface area contributed by atoms with Gasteiger partial charge in [-0.05, 0) is 24.1 Å². The summed E-state index contributed by atoms with van der Waals surface area (Å²) in [5.41, 5.74) is 6.42. The van der Waals surface area contributed by atoms with Gasteiger partial charge in [-0.3, -0.25) is 0 Å². The zero-order valence-corrected chi connectivity index (χ0v) is 11.7. The molecule has 5 heteroatoms. The largest absolute Gasteiger partial charge is 0.389 e. The van der Waals surface area contributed by atoms with E-state index < -0.39 is 0 Å². The Kier molecular flexibility index (Phi) is 5.50. The van der Waals surface area contributed by atoms with Crippen molar-refractivity contribution < 1.29 is 9.13 Å². The summed E-state index contributed by atoms with van der Waals surface area (Å²) in [7, 11) is 1.63. The molecule has 0 bridgehead atoms. The Morgan fingerprint density at radius 2 is 2.17 bits per heavy atom. The van der Waals surface area contributed by atoms with Crippen molar-refractivity contribution in [1.29, 1.82) is 0 Å². The van der Waals surface area contributed by atoms with Crippen molar-refractivity contribution in [2.24, 2.45) is 11.7 Å². The van der Waals surface area contributed by atoms with Gasteiger partial charge in [-0.25, -0.2) is 4.39 Å². The second kappa shape index (κ2) is 6.66. The van der Waals surface area contributed by atoms with Gasteiger partial charge in [-0.1, -0.05) is 26.1 Å². The first-order chi connectivity index (χ1) is 8.45. The standard InChI is InChI=1S/C13H19FN2OS/c1-8(2)12(7-17-3)16-11-5-4-9(13(15)18)6-10(11)14/h4-6,8,12,16H,7H2,1-3H3,(H2,15,18). The van der Waals surface area contributed by atoms with Crippen molar-refractivity contribution in [1.82, 2.24) is 0 Å². The van der Waals surface area contributed by atoms with Crippen LogP contribution in [0.2, 0.25) is 0 Å². The van der Waals surface area contributed by atoms with Crippen LogP contribution in [0, 0.1) is 11.7 Å². The first-order valence-corrected chi connectivity index (χ1v) is 6.21. The molecular weight excluding hydrogens is 251 g/mol. The number of benzene rings is 1. The zero-order chi connectivity index (χ0) is 13.7. The van der Waals surface area contributed by atoms with Crippen molar-refractivity contribution in [3.63, 3.8) is 0 Å². The molecule has 0 aromatic heterocycles. The predicted octanol–water partition coefficient (Wildman–Crippen LogP) is 2.54. The lowest BCUT2D eigenvalue weighted by molar-refractivity contribution is 0.171. The van der Waals surface area contributed by atoms with Crippen molar-refractivity contribution in [2.45, 2.75) is 19.9 Å². The molecule has 0 spiro atoms. The molecule has 1 rings (SSSR count). The summed E-state index contributed by atoms with van der Waals surface area (Å²) in [5.74, 6) is -0.0262. The lowest BCUT2D eigenvalue weighted by Gasteiger charge is -2.23. The van der Waals surface area contributed by atoms with E-state index in [-0.39, 0.29) is 16.8 Å². The summed E-state index contributed by atoms with van der Waals surface area (Å²) in [6.07, 6.45) is 0. The van der Waals surface area contributed by atoms with Crippen molar-refractivity contribution in [3.05, 3.63) is 29.6 Å². The summed E-state index contributed by atoms with van der Waals surface area (Å²) >= 11 is 4.81. The quantitative estimate of drug-likeness (QED) is 0.780. The molecule has 0 saturated heterocycles. The lowest BCUT2D eigenvalue weighted by atomic mass is 10.0. The Hall–Kier alpha value is -1.20. The van der Waals surface area contributed by atoms with Gasteiger partial charge in [-0.15, -0.1) is 0 Å². The van der Waals surface area contributed by atoms with Crippen LogP contribution in [0.1, 0.15) is 19.4 Å². The van der Waals surface area contributed by atoms with Crippen LogP contribution in [-0.4, -0.2) is 24.7 Å². The van der Waals surface area contributed by atoms with Gasteiger partial charge in [0.1, 0.15) is 10.8 Å². The highest BCUT2D eigenvalue weighted by Crippen LogP contribution is 2.19. The molecule has 1 atom stereocenters. The van der Waals surface area contributed by atoms with Crippen molar-refractivity contribution >= 4 is 22.9 Å². The number of ether oxygens (including phenoxy) is 1. The van der Waals surface area contributed by atoms with E-state index in [1.807, 2.05) is 0 Å². The Bertz CT molecular complexity index is 423. The third kappa shape index (κ3) is 3.92. The molecule has 0 saturated carbocycles. The maximum Gasteiger partial charge on any atom is 0.146 e. The highest BCUT2D eigenvalue weighted by Gasteiger charge is 2.15. The third-order valence-corrected chi connectivity index (χ3v) is 2.98. The van der Waals surface area contributed by atoms with E-state index in [0.29, 0.717) is 23.8 Å². The minimum Gasteiger partial charge on any atom is -0.389 e. The molecule has 0 aliphatic carbocycles. The maximum atomic E-state index is 13.9. The lowest BCUT2D eigenvalue weighted by Crippen LogP contribution is -2.30. The van der Waals surface area contributed by atoms with Gasteiger partial charge in [0, 0.05) is 12.7 Å². The molecule has 100 valence electrons. The minimum atomic E-state index is -0.359. The first-order valence-electron chi connectivity index (χ1n) is 5.80. The Morgan fingerprint density at radius 1 is 1.50 bits per heavy atom. The molecular formula is C13H19FN2OS. The van der Waals surface area contributed by atoms with Gasteiger partial charge in [-0.2, -0.15) is 0 Å². The number of thiocarbonyl (C=S) groups is 1. The molecule has 0 aliphatic heterocycles. The summed E-state index contributed by atoms with van der Waals surface area (Å²) in [5, 5.41) is 3.13. The molecule has 0 amide bonds. The van der Waals surface area contributed by atoms with E-state index in [0.717, 1.165) is 0 Å². The topological polar surface area (TPSA) is 47.3 Å². The van der Waals surface area contributed by atoms with E-state index in [2.05, 4.69) is 19.2 Å². The average Bonchev–Trinajstić information content (AvgIpc) is 2.30. The van der Waals surface area contributed by atoms with Crippen LogP contribution < -0.4 is 11.1 Å². The van der Waals surface area contributed by atoms with Gasteiger partial charge in [0.05, 0.1) is 18.3 Å². The van der Waals surface area contributed by atoms with E-state index in [9.17, 15) is 4.39 Å². The number of hydrogen-bond donors (Lipinski definition) is 2. The summed E-state index contributed by atoms with van der Waals surface area (Å²) < 4.78 is 19.0. The van der Waals surface area contributed by atoms with E-state index in [1.165, 1.54) is 6.07 Å². The molecule has 3 nitrogen and oxygen atoms in total. The third-order valence-electron chi connectivity index (χ3n) is 2.75. The fourth-order valence-electron chi connectivity index (χ4n) is 1.57. The maximum absolute atomic E-state index is 13.9. The normalized spacial score (nSPS) is 12.5. The van der Waals surface area contributed by atoms with Crippen molar-refractivity contribution in [2.75, 3.05) is 19.0 Å². The first kappa shape index (κ1) is 14.9. The summed E-state index contributed by atoms with van der Waals surface area (Å²) in [4.78, 5) is 0.192. The molecule has 18 heavy (non-hydrogen) atoms. The molecule has 0 heterocycles. The molecule has 1 aromatic carbocycles. The van der Waals surface area contributed by atoms with Crippen molar-refractivity contribution in [3.8, 4) is 0 Å². The van der Waals surface area contributed by atoms with Crippen LogP contribution in [0.15, 0.2) is 18.2 Å². The molecule has 1 unspecified atom stereocenters. The highest BCUT2D eigenvalue weighted by molar-refractivity contribution is 7.80. The fraction of sp³-hybridized carbons (Fsp3) is 0.462. The zero-order valence-electron chi connectivity index (χ0n) is 10.9. The number of hydrogen-bond acceptors (Lipinski definition) is 3. The van der Waals surface area contributed by atoms with E-state index in [4.69, 9.17) is 22.7 Å². The van der Waals surface area contributed by atoms with Crippen LogP contribution >= 0.6 is 12.2 Å². The van der Waals surface area contributed by atoms with E-state index in [1.54, 1.807) is 19.2 Å². The monoisotopic (exact) mass is 270 g/mol. The molecule has 1 aromatic rings. The second-order valence-electron chi connectivity index (χ2n) is 4.51. The molecule has 0 aliphatic rings. The Balaban J connectivity index is 2.86. The van der Waals surface area contributed by atoms with Crippen LogP contribution in [0.5, 0.6) is 0 Å². The van der Waals surface area contributed by atoms with Crippen LogP contribution in [-0.2, 0) is 4.74 Å². The number of methoxy groups -OCH3 is 1. The predicted molar refractivity (Wildman–Crippen MR) is 76.4 cm³/mol. The average molecular weight is 270 g/mol. The van der Waals surface area contributed by atoms with Crippen LogP contribution in [0.4, 0.5) is 10.1 Å². The summed E-state index contributed by atoms with van der Waals surface area (Å²) in [6, 6.07) is 4.75. The van der Waals surface area contributed by atoms with Crippen LogP contribution in [0.25, 0.3) is 0 Å². The van der Waals surface area contributed by atoms with Gasteiger partial charge in [0.2, 0.25) is 0 Å². The fourth-order valence-corrected chi connectivity index (χ4v) is 1.69. The number of nitrogens with two attached hydrogens (primary N) is 1. The molecule has 0 fully saturated rings. The van der Waals surface area contributed by atoms with Gasteiger partial charge < -0.3 is 15.8 Å². The summed E-state index contributed by atoms with van der Waals surface area (Å²) in [6.45, 7) is 4.63. The van der Waals surface area contributed by atoms with Gasteiger partial charge >= 0.3 is 0 Å². The second-order valence-corrected chi connectivity index (χ2v) is 4.95. The van der Waals surface area contributed by atoms with Gasteiger partial charge in [0.15, 0.2) is 0 Å².